The second-order valence-electron chi connectivity index (χ2n) is 4.54. The van der Waals surface area contributed by atoms with Gasteiger partial charge in [-0.3, -0.25) is 9.59 Å². The molecular weight excluding hydrogens is 270 g/mol. The minimum atomic E-state index is -0.866. The molecule has 2 aromatic carbocycles. The number of carbonyl (C=O) groups excluding carboxylic acids is 1. The highest BCUT2D eigenvalue weighted by molar-refractivity contribution is 5.95. The maximum atomic E-state index is 11.3. The van der Waals surface area contributed by atoms with Crippen LogP contribution in [0, 0.1) is 0 Å². The van der Waals surface area contributed by atoms with E-state index in [0.29, 0.717) is 11.3 Å². The van der Waals surface area contributed by atoms with Crippen molar-refractivity contribution in [2.45, 2.75) is 13.0 Å². The third kappa shape index (κ3) is 4.07. The summed E-state index contributed by atoms with van der Waals surface area (Å²) >= 11 is 0. The molecule has 0 saturated carbocycles. The molecule has 3 N–H and O–H groups in total. The lowest BCUT2D eigenvalue weighted by Crippen LogP contribution is -2.12. The Balaban J connectivity index is 2.03. The van der Waals surface area contributed by atoms with E-state index in [1.807, 2.05) is 0 Å². The maximum Gasteiger partial charge on any atom is 0.307 e. The minimum absolute atomic E-state index is 0.00829. The van der Waals surface area contributed by atoms with Crippen molar-refractivity contribution in [1.82, 2.24) is 0 Å². The summed E-state index contributed by atoms with van der Waals surface area (Å²) in [5.41, 5.74) is 7.21. The van der Waals surface area contributed by atoms with Gasteiger partial charge in [0.05, 0.1) is 12.0 Å². The summed E-state index contributed by atoms with van der Waals surface area (Å²) in [4.78, 5) is 21.9. The number of rotatable bonds is 6. The Morgan fingerprint density at radius 2 is 1.62 bits per heavy atom. The van der Waals surface area contributed by atoms with Gasteiger partial charge < -0.3 is 15.6 Å². The first-order chi connectivity index (χ1) is 10.1. The van der Waals surface area contributed by atoms with Crippen LogP contribution in [-0.4, -0.2) is 17.0 Å². The van der Waals surface area contributed by atoms with E-state index < -0.39 is 11.9 Å². The van der Waals surface area contributed by atoms with Gasteiger partial charge in [-0.05, 0) is 23.3 Å². The van der Waals surface area contributed by atoms with Crippen LogP contribution in [0.3, 0.4) is 0 Å². The summed E-state index contributed by atoms with van der Waals surface area (Å²) in [6.45, 7) is 0.275. The number of amides is 1. The van der Waals surface area contributed by atoms with E-state index in [9.17, 15) is 9.59 Å². The molecule has 0 spiro atoms. The molecule has 0 saturated heterocycles. The third-order valence-electron chi connectivity index (χ3n) is 2.93. The highest BCUT2D eigenvalue weighted by atomic mass is 16.5. The number of hydrogen-bond donors (Lipinski definition) is 2. The van der Waals surface area contributed by atoms with Crippen LogP contribution in [0.25, 0.3) is 0 Å². The first kappa shape index (κ1) is 14.6. The topological polar surface area (TPSA) is 89.6 Å². The summed E-state index contributed by atoms with van der Waals surface area (Å²) < 4.78 is 5.59. The summed E-state index contributed by atoms with van der Waals surface area (Å²) in [6.07, 6.45) is -0.00829. The Labute approximate surface area is 122 Å². The van der Waals surface area contributed by atoms with E-state index in [4.69, 9.17) is 15.6 Å². The molecule has 21 heavy (non-hydrogen) atoms. The predicted molar refractivity (Wildman–Crippen MR) is 77.1 cm³/mol. The number of carboxylic acid groups (broad SMARTS) is 1. The van der Waals surface area contributed by atoms with E-state index in [-0.39, 0.29) is 13.0 Å². The lowest BCUT2D eigenvalue weighted by molar-refractivity contribution is -0.136. The van der Waals surface area contributed by atoms with Crippen molar-refractivity contribution in [2.24, 2.45) is 5.73 Å². The summed E-state index contributed by atoms with van der Waals surface area (Å²) in [5, 5.41) is 8.70. The van der Waals surface area contributed by atoms with E-state index in [1.165, 1.54) is 0 Å². The zero-order chi connectivity index (χ0) is 15.2. The number of benzene rings is 2. The largest absolute Gasteiger partial charge is 0.488 e. The fourth-order valence-electron chi connectivity index (χ4n) is 1.89. The Hall–Kier alpha value is -2.82. The fourth-order valence-corrected chi connectivity index (χ4v) is 1.89. The number of nitrogens with two attached hydrogens (primary N) is 1. The van der Waals surface area contributed by atoms with E-state index in [1.54, 1.807) is 48.5 Å². The zero-order valence-corrected chi connectivity index (χ0v) is 11.3. The Kier molecular flexibility index (Phi) is 4.56. The van der Waals surface area contributed by atoms with Crippen molar-refractivity contribution in [2.75, 3.05) is 0 Å². The lowest BCUT2D eigenvalue weighted by Gasteiger charge is -2.09. The van der Waals surface area contributed by atoms with E-state index in [0.717, 1.165) is 11.1 Å². The van der Waals surface area contributed by atoms with Crippen LogP contribution < -0.4 is 10.5 Å². The van der Waals surface area contributed by atoms with E-state index >= 15 is 0 Å². The normalized spacial score (nSPS) is 10.1. The van der Waals surface area contributed by atoms with Gasteiger partial charge in [0.25, 0.3) is 5.91 Å². The smallest absolute Gasteiger partial charge is 0.307 e. The molecule has 108 valence electrons. The Bertz CT molecular complexity index is 650. The molecule has 0 radical (unpaired) electrons. The quantitative estimate of drug-likeness (QED) is 0.849. The molecule has 1 amide bonds. The molecule has 0 aliphatic heterocycles. The van der Waals surface area contributed by atoms with Gasteiger partial charge in [-0.15, -0.1) is 0 Å². The number of carbonyl (C=O) groups is 2. The molecule has 0 aliphatic carbocycles. The van der Waals surface area contributed by atoms with Crippen LogP contribution in [0.2, 0.25) is 0 Å². The average molecular weight is 285 g/mol. The number of carboxylic acids is 1. The number of primary amides is 1. The van der Waals surface area contributed by atoms with Gasteiger partial charge in [0, 0.05) is 0 Å². The highest BCUT2D eigenvalue weighted by Gasteiger charge is 2.08. The number of hydrogen-bond acceptors (Lipinski definition) is 3. The molecule has 2 aromatic rings. The summed E-state index contributed by atoms with van der Waals surface area (Å²) in [5.74, 6) is -0.976. The summed E-state index contributed by atoms with van der Waals surface area (Å²) in [6, 6.07) is 13.8. The molecular formula is C16H15NO4. The molecule has 0 bridgehead atoms. The van der Waals surface area contributed by atoms with Crippen molar-refractivity contribution in [3.05, 3.63) is 65.2 Å². The first-order valence-electron chi connectivity index (χ1n) is 6.37. The predicted octanol–water partition coefficient (Wildman–Crippen LogP) is 1.99. The summed E-state index contributed by atoms with van der Waals surface area (Å²) in [7, 11) is 0. The van der Waals surface area contributed by atoms with Gasteiger partial charge in [0.2, 0.25) is 0 Å². The number of para-hydroxylation sites is 1. The molecule has 0 aliphatic rings. The standard InChI is InChI=1S/C16H15NO4/c17-16(20)13-3-1-2-4-14(13)21-10-12-7-5-11(6-8-12)9-15(18)19/h1-8H,9-10H2,(H2,17,20)(H,18,19). The van der Waals surface area contributed by atoms with Crippen LogP contribution in [0.1, 0.15) is 21.5 Å². The van der Waals surface area contributed by atoms with Gasteiger partial charge in [-0.25, -0.2) is 0 Å². The van der Waals surface area contributed by atoms with Gasteiger partial charge in [-0.2, -0.15) is 0 Å². The Morgan fingerprint density at radius 3 is 2.24 bits per heavy atom. The highest BCUT2D eigenvalue weighted by Crippen LogP contribution is 2.19. The van der Waals surface area contributed by atoms with E-state index in [2.05, 4.69) is 0 Å². The van der Waals surface area contributed by atoms with Crippen molar-refractivity contribution in [3.63, 3.8) is 0 Å². The van der Waals surface area contributed by atoms with Crippen molar-refractivity contribution >= 4 is 11.9 Å². The molecule has 0 aromatic heterocycles. The van der Waals surface area contributed by atoms with Gasteiger partial charge in [-0.1, -0.05) is 36.4 Å². The zero-order valence-electron chi connectivity index (χ0n) is 11.3. The monoisotopic (exact) mass is 285 g/mol. The van der Waals surface area contributed by atoms with Gasteiger partial charge in [0.1, 0.15) is 12.4 Å². The first-order valence-corrected chi connectivity index (χ1v) is 6.37. The lowest BCUT2D eigenvalue weighted by atomic mass is 10.1. The molecule has 0 atom stereocenters. The third-order valence-corrected chi connectivity index (χ3v) is 2.93. The average Bonchev–Trinajstić information content (AvgIpc) is 2.46. The molecule has 0 fully saturated rings. The molecule has 0 heterocycles. The van der Waals surface area contributed by atoms with Crippen LogP contribution in [0.15, 0.2) is 48.5 Å². The van der Waals surface area contributed by atoms with Gasteiger partial charge in [0.15, 0.2) is 0 Å². The number of ether oxygens (including phenoxy) is 1. The minimum Gasteiger partial charge on any atom is -0.488 e. The van der Waals surface area contributed by atoms with Crippen LogP contribution in [0.4, 0.5) is 0 Å². The van der Waals surface area contributed by atoms with Gasteiger partial charge >= 0.3 is 5.97 Å². The van der Waals surface area contributed by atoms with Crippen LogP contribution >= 0.6 is 0 Å². The molecule has 2 rings (SSSR count). The SMILES string of the molecule is NC(=O)c1ccccc1OCc1ccc(CC(=O)O)cc1. The molecule has 5 nitrogen and oxygen atoms in total. The fraction of sp³-hybridized carbons (Fsp3) is 0.125. The molecule has 5 heteroatoms. The van der Waals surface area contributed by atoms with Crippen molar-refractivity contribution in [1.29, 1.82) is 0 Å². The molecule has 0 unspecified atom stereocenters. The van der Waals surface area contributed by atoms with Crippen molar-refractivity contribution in [3.8, 4) is 5.75 Å². The Morgan fingerprint density at radius 1 is 1.00 bits per heavy atom. The van der Waals surface area contributed by atoms with Crippen molar-refractivity contribution < 1.29 is 19.4 Å². The van der Waals surface area contributed by atoms with Crippen LogP contribution in [-0.2, 0) is 17.8 Å². The maximum absolute atomic E-state index is 11.3. The van der Waals surface area contributed by atoms with Crippen LogP contribution in [0.5, 0.6) is 5.75 Å². The number of aliphatic carboxylic acids is 1. The second kappa shape index (κ2) is 6.56. The second-order valence-corrected chi connectivity index (χ2v) is 4.54.